The third-order valence-electron chi connectivity index (χ3n) is 3.98. The lowest BCUT2D eigenvalue weighted by Crippen LogP contribution is -2.36. The van der Waals surface area contributed by atoms with Gasteiger partial charge in [0, 0.05) is 23.1 Å². The fourth-order valence-corrected chi connectivity index (χ4v) is 3.24. The monoisotopic (exact) mass is 360 g/mol. The molecule has 1 aromatic carbocycles. The normalized spacial score (nSPS) is 23.9. The molecule has 0 radical (unpaired) electrons. The van der Waals surface area contributed by atoms with Gasteiger partial charge < -0.3 is 10.2 Å². The Morgan fingerprint density at radius 3 is 2.91 bits per heavy atom. The number of anilines is 1. The van der Waals surface area contributed by atoms with Crippen molar-refractivity contribution >= 4 is 33.4 Å². The van der Waals surface area contributed by atoms with Crippen LogP contribution in [-0.2, 0) is 9.59 Å². The summed E-state index contributed by atoms with van der Waals surface area (Å²) in [5.41, 5.74) is 0.741. The Balaban J connectivity index is 1.63. The fourth-order valence-electron chi connectivity index (χ4n) is 2.84. The number of likely N-dealkylation sites (tertiary alicyclic amines) is 1. The minimum atomic E-state index is -0.286. The molecule has 2 amide bonds. The fraction of sp³-hybridized carbons (Fsp3) is 0.294. The molecule has 1 aliphatic carbocycles. The van der Waals surface area contributed by atoms with Crippen molar-refractivity contribution in [2.75, 3.05) is 11.9 Å². The Morgan fingerprint density at radius 2 is 2.18 bits per heavy atom. The molecule has 1 saturated heterocycles. The SMILES string of the molecule is O=C(Nc1cccc(Br)c1)[C@H]1CC(=O)N([C@@H]2C=CC=CC2)C1. The summed E-state index contributed by atoms with van der Waals surface area (Å²) in [5, 5.41) is 2.89. The molecule has 5 heteroatoms. The molecule has 0 aromatic heterocycles. The molecule has 1 heterocycles. The third kappa shape index (κ3) is 3.30. The van der Waals surface area contributed by atoms with Crippen molar-refractivity contribution in [3.63, 3.8) is 0 Å². The number of hydrogen-bond acceptors (Lipinski definition) is 2. The summed E-state index contributed by atoms with van der Waals surface area (Å²) >= 11 is 3.38. The first kappa shape index (κ1) is 15.0. The van der Waals surface area contributed by atoms with E-state index in [4.69, 9.17) is 0 Å². The number of halogens is 1. The number of nitrogens with zero attached hydrogens (tertiary/aromatic N) is 1. The zero-order chi connectivity index (χ0) is 15.5. The van der Waals surface area contributed by atoms with E-state index in [0.717, 1.165) is 16.6 Å². The Bertz CT molecular complexity index is 654. The van der Waals surface area contributed by atoms with Crippen LogP contribution in [0.3, 0.4) is 0 Å². The molecule has 22 heavy (non-hydrogen) atoms. The highest BCUT2D eigenvalue weighted by atomic mass is 79.9. The minimum Gasteiger partial charge on any atom is -0.335 e. The molecule has 2 aliphatic rings. The molecule has 1 aromatic rings. The van der Waals surface area contributed by atoms with Gasteiger partial charge in [-0.3, -0.25) is 9.59 Å². The maximum absolute atomic E-state index is 12.4. The van der Waals surface area contributed by atoms with E-state index in [2.05, 4.69) is 21.2 Å². The highest BCUT2D eigenvalue weighted by Crippen LogP contribution is 2.25. The van der Waals surface area contributed by atoms with Crippen LogP contribution in [0.4, 0.5) is 5.69 Å². The van der Waals surface area contributed by atoms with Gasteiger partial charge in [-0.15, -0.1) is 0 Å². The van der Waals surface area contributed by atoms with Crippen LogP contribution in [0.25, 0.3) is 0 Å². The first-order chi connectivity index (χ1) is 10.6. The Morgan fingerprint density at radius 1 is 1.32 bits per heavy atom. The topological polar surface area (TPSA) is 49.4 Å². The molecule has 1 aliphatic heterocycles. The van der Waals surface area contributed by atoms with Crippen molar-refractivity contribution in [2.24, 2.45) is 5.92 Å². The zero-order valence-corrected chi connectivity index (χ0v) is 13.6. The summed E-state index contributed by atoms with van der Waals surface area (Å²) in [6.07, 6.45) is 9.11. The van der Waals surface area contributed by atoms with Crippen LogP contribution in [0.2, 0.25) is 0 Å². The number of hydrogen-bond donors (Lipinski definition) is 1. The van der Waals surface area contributed by atoms with E-state index >= 15 is 0 Å². The largest absolute Gasteiger partial charge is 0.335 e. The number of amides is 2. The lowest BCUT2D eigenvalue weighted by atomic mass is 10.1. The smallest absolute Gasteiger partial charge is 0.229 e. The van der Waals surface area contributed by atoms with Crippen molar-refractivity contribution in [1.82, 2.24) is 4.90 Å². The Kier molecular flexibility index (Phi) is 4.43. The van der Waals surface area contributed by atoms with Gasteiger partial charge in [0.2, 0.25) is 11.8 Å². The molecule has 0 saturated carbocycles. The van der Waals surface area contributed by atoms with Crippen LogP contribution in [0.15, 0.2) is 53.0 Å². The first-order valence-corrected chi connectivity index (χ1v) is 8.12. The van der Waals surface area contributed by atoms with Gasteiger partial charge in [-0.2, -0.15) is 0 Å². The maximum atomic E-state index is 12.4. The van der Waals surface area contributed by atoms with Gasteiger partial charge in [0.25, 0.3) is 0 Å². The molecule has 3 rings (SSSR count). The summed E-state index contributed by atoms with van der Waals surface area (Å²) in [6.45, 7) is 0.488. The summed E-state index contributed by atoms with van der Waals surface area (Å²) in [4.78, 5) is 26.3. The molecular formula is C17H17BrN2O2. The lowest BCUT2D eigenvalue weighted by Gasteiger charge is -2.25. The Hall–Kier alpha value is -1.88. The summed E-state index contributed by atoms with van der Waals surface area (Å²) in [7, 11) is 0. The van der Waals surface area contributed by atoms with Gasteiger partial charge in [-0.25, -0.2) is 0 Å². The van der Waals surface area contributed by atoms with E-state index < -0.39 is 0 Å². The number of allylic oxidation sites excluding steroid dienone is 2. The van der Waals surface area contributed by atoms with Crippen LogP contribution < -0.4 is 5.32 Å². The average Bonchev–Trinajstić information content (AvgIpc) is 2.90. The molecule has 114 valence electrons. The summed E-state index contributed by atoms with van der Waals surface area (Å²) in [5.74, 6) is -0.325. The second-order valence-corrected chi connectivity index (χ2v) is 6.48. The predicted molar refractivity (Wildman–Crippen MR) is 89.3 cm³/mol. The van der Waals surface area contributed by atoms with Gasteiger partial charge in [-0.05, 0) is 24.6 Å². The average molecular weight is 361 g/mol. The van der Waals surface area contributed by atoms with Crippen molar-refractivity contribution < 1.29 is 9.59 Å². The first-order valence-electron chi connectivity index (χ1n) is 7.33. The van der Waals surface area contributed by atoms with Crippen LogP contribution in [0, 0.1) is 5.92 Å². The van der Waals surface area contributed by atoms with Crippen molar-refractivity contribution in [3.8, 4) is 0 Å². The zero-order valence-electron chi connectivity index (χ0n) is 12.0. The molecule has 1 N–H and O–H groups in total. The van der Waals surface area contributed by atoms with Crippen molar-refractivity contribution in [3.05, 3.63) is 53.0 Å². The molecule has 0 unspecified atom stereocenters. The van der Waals surface area contributed by atoms with Gasteiger partial charge in [0.15, 0.2) is 0 Å². The van der Waals surface area contributed by atoms with Crippen LogP contribution in [0.5, 0.6) is 0 Å². The van der Waals surface area contributed by atoms with Crippen LogP contribution in [-0.4, -0.2) is 29.3 Å². The molecule has 4 nitrogen and oxygen atoms in total. The number of rotatable bonds is 3. The number of benzene rings is 1. The third-order valence-corrected chi connectivity index (χ3v) is 4.47. The minimum absolute atomic E-state index is 0.0549. The number of carbonyl (C=O) groups is 2. The highest BCUT2D eigenvalue weighted by Gasteiger charge is 2.37. The van der Waals surface area contributed by atoms with E-state index in [1.54, 1.807) is 0 Å². The number of carbonyl (C=O) groups excluding carboxylic acids is 2. The quantitative estimate of drug-likeness (QED) is 0.899. The van der Waals surface area contributed by atoms with Crippen molar-refractivity contribution in [2.45, 2.75) is 18.9 Å². The van der Waals surface area contributed by atoms with Crippen LogP contribution in [0.1, 0.15) is 12.8 Å². The van der Waals surface area contributed by atoms with Gasteiger partial charge in [0.05, 0.1) is 12.0 Å². The Labute approximate surface area is 138 Å². The summed E-state index contributed by atoms with van der Waals surface area (Å²) < 4.78 is 0.911. The molecule has 1 fully saturated rings. The van der Waals surface area contributed by atoms with E-state index in [1.165, 1.54) is 0 Å². The van der Waals surface area contributed by atoms with E-state index in [0.29, 0.717) is 6.54 Å². The molecular weight excluding hydrogens is 344 g/mol. The second kappa shape index (κ2) is 6.48. The van der Waals surface area contributed by atoms with Gasteiger partial charge in [-0.1, -0.05) is 46.3 Å². The number of nitrogens with one attached hydrogen (secondary N) is 1. The van der Waals surface area contributed by atoms with Gasteiger partial charge in [0.1, 0.15) is 0 Å². The molecule has 0 spiro atoms. The van der Waals surface area contributed by atoms with Crippen molar-refractivity contribution in [1.29, 1.82) is 0 Å². The van der Waals surface area contributed by atoms with E-state index in [-0.39, 0.29) is 30.2 Å². The molecule has 2 atom stereocenters. The predicted octanol–water partition coefficient (Wildman–Crippen LogP) is 3.12. The highest BCUT2D eigenvalue weighted by molar-refractivity contribution is 9.10. The lowest BCUT2D eigenvalue weighted by molar-refractivity contribution is -0.129. The standard InChI is InChI=1S/C17H17BrN2O2/c18-13-5-4-6-14(10-13)19-17(22)12-9-16(21)20(11-12)15-7-2-1-3-8-15/h1-7,10,12,15H,8-9,11H2,(H,19,22)/t12-,15+/m0/s1. The summed E-state index contributed by atoms with van der Waals surface area (Å²) in [6, 6.07) is 7.54. The van der Waals surface area contributed by atoms with E-state index in [1.807, 2.05) is 53.5 Å². The van der Waals surface area contributed by atoms with Crippen LogP contribution >= 0.6 is 15.9 Å². The second-order valence-electron chi connectivity index (χ2n) is 5.56. The van der Waals surface area contributed by atoms with Gasteiger partial charge >= 0.3 is 0 Å². The van der Waals surface area contributed by atoms with E-state index in [9.17, 15) is 9.59 Å². The molecule has 0 bridgehead atoms. The maximum Gasteiger partial charge on any atom is 0.229 e.